The molecule has 2 unspecified atom stereocenters. The van der Waals surface area contributed by atoms with Gasteiger partial charge in [0.05, 0.1) is 38.8 Å². The lowest BCUT2D eigenvalue weighted by Gasteiger charge is -2.20. The topological polar surface area (TPSA) is 202 Å². The minimum Gasteiger partial charge on any atom is -0.481 e. The highest BCUT2D eigenvalue weighted by atomic mass is 35.5. The number of halogens is 2. The summed E-state index contributed by atoms with van der Waals surface area (Å²) in [6.07, 6.45) is -0.761. The SMILES string of the molecule is CC(NC(=O)CNS(=O)(=O)c1ccccc1)C(=O)NC(CC(=O)O)C(=O)Cn1nnnc1Sc1c(Cl)cccc1Cl. The number of nitrogens with one attached hydrogen (secondary N) is 3. The van der Waals surface area contributed by atoms with Crippen LogP contribution in [0.2, 0.25) is 10.0 Å². The van der Waals surface area contributed by atoms with Crippen LogP contribution in [0.5, 0.6) is 0 Å². The van der Waals surface area contributed by atoms with E-state index in [4.69, 9.17) is 23.2 Å². The number of nitrogens with zero attached hydrogens (tertiary/aromatic N) is 4. The summed E-state index contributed by atoms with van der Waals surface area (Å²) in [5.74, 6) is -3.82. The van der Waals surface area contributed by atoms with Gasteiger partial charge in [0.1, 0.15) is 12.6 Å². The van der Waals surface area contributed by atoms with Gasteiger partial charge >= 0.3 is 5.97 Å². The summed E-state index contributed by atoms with van der Waals surface area (Å²) in [5, 5.41) is 25.8. The van der Waals surface area contributed by atoms with E-state index in [2.05, 4.69) is 30.9 Å². The fourth-order valence-electron chi connectivity index (χ4n) is 3.22. The van der Waals surface area contributed by atoms with E-state index in [1.54, 1.807) is 24.3 Å². The molecule has 218 valence electrons. The number of Topliss-reactive ketones (excluding diaryl/α,β-unsaturated/α-hetero) is 1. The number of benzene rings is 2. The Morgan fingerprint density at radius 3 is 2.32 bits per heavy atom. The molecule has 0 saturated heterocycles. The van der Waals surface area contributed by atoms with E-state index in [0.29, 0.717) is 14.9 Å². The lowest BCUT2D eigenvalue weighted by Crippen LogP contribution is -2.52. The Kier molecular flexibility index (Phi) is 11.2. The van der Waals surface area contributed by atoms with Crippen molar-refractivity contribution < 1.29 is 32.7 Å². The normalized spacial score (nSPS) is 12.8. The standard InChI is InChI=1S/C23H23Cl2N7O7S2/c1-13(27-19(34)11-26-41(38,39)14-6-3-2-4-7-14)22(37)28-17(10-20(35)36)18(33)12-32-23(29-30-31-32)40-21-15(24)8-5-9-16(21)25/h2-9,13,17,26H,10-12H2,1H3,(H,27,34)(H,28,37)(H,35,36). The number of hydrogen-bond donors (Lipinski definition) is 4. The smallest absolute Gasteiger partial charge is 0.305 e. The fraction of sp³-hybridized carbons (Fsp3) is 0.261. The first kappa shape index (κ1) is 32.0. The number of amides is 2. The van der Waals surface area contributed by atoms with Crippen molar-refractivity contribution in [2.75, 3.05) is 6.54 Å². The average molecular weight is 645 g/mol. The predicted molar refractivity (Wildman–Crippen MR) is 147 cm³/mol. The first-order valence-electron chi connectivity index (χ1n) is 11.6. The van der Waals surface area contributed by atoms with Crippen LogP contribution < -0.4 is 15.4 Å². The molecule has 0 aliphatic heterocycles. The van der Waals surface area contributed by atoms with Crippen LogP contribution in [-0.2, 0) is 35.7 Å². The van der Waals surface area contributed by atoms with Crippen molar-refractivity contribution in [2.45, 2.75) is 46.9 Å². The summed E-state index contributed by atoms with van der Waals surface area (Å²) < 4.78 is 27.8. The molecule has 3 aromatic rings. The number of carbonyl (C=O) groups excluding carboxylic acids is 3. The molecule has 0 aliphatic rings. The van der Waals surface area contributed by atoms with Crippen molar-refractivity contribution >= 4 is 68.6 Å². The van der Waals surface area contributed by atoms with Crippen LogP contribution in [0.4, 0.5) is 0 Å². The van der Waals surface area contributed by atoms with Crippen molar-refractivity contribution in [1.82, 2.24) is 35.6 Å². The molecule has 2 atom stereocenters. The zero-order valence-corrected chi connectivity index (χ0v) is 24.3. The number of rotatable bonds is 14. The molecule has 18 heteroatoms. The zero-order valence-electron chi connectivity index (χ0n) is 21.2. The summed E-state index contributed by atoms with van der Waals surface area (Å²) in [6.45, 7) is 0.115. The summed E-state index contributed by atoms with van der Waals surface area (Å²) in [6, 6.07) is 9.47. The lowest BCUT2D eigenvalue weighted by atomic mass is 10.1. The Bertz CT molecular complexity index is 1520. The maximum atomic E-state index is 13.0. The maximum Gasteiger partial charge on any atom is 0.305 e. The van der Waals surface area contributed by atoms with Gasteiger partial charge in [-0.1, -0.05) is 47.5 Å². The molecule has 4 N–H and O–H groups in total. The molecule has 2 aromatic carbocycles. The molecular weight excluding hydrogens is 621 g/mol. The number of carboxylic acids is 1. The van der Waals surface area contributed by atoms with Crippen LogP contribution in [-0.4, -0.2) is 75.9 Å². The first-order valence-corrected chi connectivity index (χ1v) is 14.7. The number of hydrogen-bond acceptors (Lipinski definition) is 10. The number of sulfonamides is 1. The fourth-order valence-corrected chi connectivity index (χ4v) is 5.65. The molecule has 0 spiro atoms. The molecule has 0 fully saturated rings. The average Bonchev–Trinajstić information content (AvgIpc) is 3.35. The second-order valence-electron chi connectivity index (χ2n) is 8.32. The summed E-state index contributed by atoms with van der Waals surface area (Å²) >= 11 is 13.3. The number of carboxylic acid groups (broad SMARTS) is 1. The van der Waals surface area contributed by atoms with Gasteiger partial charge in [0.25, 0.3) is 0 Å². The number of aromatic nitrogens is 4. The Morgan fingerprint density at radius 1 is 1.02 bits per heavy atom. The van der Waals surface area contributed by atoms with Gasteiger partial charge in [-0.3, -0.25) is 19.2 Å². The molecule has 41 heavy (non-hydrogen) atoms. The number of carbonyl (C=O) groups is 4. The second kappa shape index (κ2) is 14.4. The van der Waals surface area contributed by atoms with Crippen LogP contribution in [0.3, 0.4) is 0 Å². The maximum absolute atomic E-state index is 13.0. The number of aliphatic carboxylic acids is 1. The van der Waals surface area contributed by atoms with Crippen molar-refractivity contribution in [3.8, 4) is 0 Å². The molecule has 1 aromatic heterocycles. The van der Waals surface area contributed by atoms with Crippen molar-refractivity contribution in [3.05, 3.63) is 58.6 Å². The van der Waals surface area contributed by atoms with Crippen LogP contribution in [0.15, 0.2) is 63.5 Å². The van der Waals surface area contributed by atoms with E-state index in [-0.39, 0.29) is 10.1 Å². The Morgan fingerprint density at radius 2 is 1.68 bits per heavy atom. The van der Waals surface area contributed by atoms with E-state index in [9.17, 15) is 32.7 Å². The highest BCUT2D eigenvalue weighted by Gasteiger charge is 2.28. The third-order valence-electron chi connectivity index (χ3n) is 5.25. The van der Waals surface area contributed by atoms with Crippen molar-refractivity contribution in [1.29, 1.82) is 0 Å². The summed E-state index contributed by atoms with van der Waals surface area (Å²) in [5.41, 5.74) is 0. The number of ketones is 1. The summed E-state index contributed by atoms with van der Waals surface area (Å²) in [4.78, 5) is 49.7. The molecule has 2 amide bonds. The van der Waals surface area contributed by atoms with Gasteiger partial charge in [-0.05, 0) is 53.4 Å². The van der Waals surface area contributed by atoms with Gasteiger partial charge < -0.3 is 15.7 Å². The molecule has 0 saturated carbocycles. The molecule has 0 radical (unpaired) electrons. The Hall–Kier alpha value is -3.57. The highest BCUT2D eigenvalue weighted by Crippen LogP contribution is 2.37. The van der Waals surface area contributed by atoms with E-state index < -0.39 is 65.2 Å². The minimum absolute atomic E-state index is 0.0484. The van der Waals surface area contributed by atoms with Gasteiger partial charge in [-0.25, -0.2) is 17.8 Å². The molecule has 14 nitrogen and oxygen atoms in total. The lowest BCUT2D eigenvalue weighted by molar-refractivity contribution is -0.140. The van der Waals surface area contributed by atoms with E-state index in [1.807, 2.05) is 0 Å². The third-order valence-corrected chi connectivity index (χ3v) is 8.64. The molecule has 3 rings (SSSR count). The van der Waals surface area contributed by atoms with Gasteiger partial charge in [0, 0.05) is 0 Å². The summed E-state index contributed by atoms with van der Waals surface area (Å²) in [7, 11) is -3.96. The van der Waals surface area contributed by atoms with Crippen LogP contribution in [0, 0.1) is 0 Å². The third kappa shape index (κ3) is 9.22. The predicted octanol–water partition coefficient (Wildman–Crippen LogP) is 1.14. The first-order chi connectivity index (χ1) is 19.4. The Balaban J connectivity index is 1.61. The molecule has 1 heterocycles. The van der Waals surface area contributed by atoms with E-state index >= 15 is 0 Å². The number of tetrazole rings is 1. The largest absolute Gasteiger partial charge is 0.481 e. The molecule has 0 aliphatic carbocycles. The van der Waals surface area contributed by atoms with Crippen LogP contribution in [0.1, 0.15) is 13.3 Å². The second-order valence-corrected chi connectivity index (χ2v) is 11.9. The van der Waals surface area contributed by atoms with Crippen molar-refractivity contribution in [3.63, 3.8) is 0 Å². The minimum atomic E-state index is -3.96. The van der Waals surface area contributed by atoms with Crippen LogP contribution in [0.25, 0.3) is 0 Å². The Labute approximate surface area is 248 Å². The highest BCUT2D eigenvalue weighted by molar-refractivity contribution is 7.99. The van der Waals surface area contributed by atoms with Gasteiger partial charge in [-0.2, -0.15) is 0 Å². The van der Waals surface area contributed by atoms with E-state index in [1.165, 1.54) is 31.2 Å². The molecule has 0 bridgehead atoms. The molecular formula is C23H23Cl2N7O7S2. The monoisotopic (exact) mass is 643 g/mol. The van der Waals surface area contributed by atoms with Gasteiger partial charge in [-0.15, -0.1) is 5.10 Å². The zero-order chi connectivity index (χ0) is 30.2. The van der Waals surface area contributed by atoms with Gasteiger partial charge in [0.2, 0.25) is 27.0 Å². The quantitative estimate of drug-likeness (QED) is 0.196. The van der Waals surface area contributed by atoms with Gasteiger partial charge in [0.15, 0.2) is 5.78 Å². The van der Waals surface area contributed by atoms with E-state index in [0.717, 1.165) is 16.4 Å². The van der Waals surface area contributed by atoms with Crippen LogP contribution >= 0.6 is 35.0 Å². The van der Waals surface area contributed by atoms with Crippen molar-refractivity contribution in [2.24, 2.45) is 0 Å².